The molecule has 0 amide bonds. The summed E-state index contributed by atoms with van der Waals surface area (Å²) in [5.41, 5.74) is 3.36. The summed E-state index contributed by atoms with van der Waals surface area (Å²) in [6, 6.07) is 24.0. The molecule has 0 aliphatic rings. The number of hydrogen-bond donors (Lipinski definition) is 0. The van der Waals surface area contributed by atoms with Gasteiger partial charge in [0.25, 0.3) is 0 Å². The molecule has 0 N–H and O–H groups in total. The maximum Gasteiger partial charge on any atom is 0.197 e. The van der Waals surface area contributed by atoms with Crippen molar-refractivity contribution in [2.75, 3.05) is 20.3 Å². The average molecular weight is 392 g/mol. The minimum absolute atomic E-state index is 0.347. The van der Waals surface area contributed by atoms with Crippen LogP contribution < -0.4 is 14.2 Å². The Morgan fingerprint density at radius 3 is 2.38 bits per heavy atom. The normalized spacial score (nSPS) is 11.7. The van der Waals surface area contributed by atoms with E-state index in [9.17, 15) is 0 Å². The highest BCUT2D eigenvalue weighted by atomic mass is 16.7. The molecule has 4 nitrogen and oxygen atoms in total. The summed E-state index contributed by atoms with van der Waals surface area (Å²) in [6.45, 7) is 4.88. The predicted octanol–water partition coefficient (Wildman–Crippen LogP) is 5.75. The number of rotatable bonds is 10. The maximum absolute atomic E-state index is 5.97. The van der Waals surface area contributed by atoms with Gasteiger partial charge in [0, 0.05) is 5.56 Å². The second-order valence-corrected chi connectivity index (χ2v) is 6.63. The molecular weight excluding hydrogens is 364 g/mol. The van der Waals surface area contributed by atoms with Gasteiger partial charge in [-0.2, -0.15) is 0 Å². The van der Waals surface area contributed by atoms with E-state index in [1.807, 2.05) is 67.6 Å². The van der Waals surface area contributed by atoms with Crippen LogP contribution in [0.15, 0.2) is 72.8 Å². The molecule has 0 radical (unpaired) electrons. The molecule has 0 heterocycles. The molecule has 0 fully saturated rings. The maximum atomic E-state index is 5.97. The first kappa shape index (κ1) is 20.7. The molecule has 3 aromatic rings. The minimum atomic E-state index is -0.347. The predicted molar refractivity (Wildman–Crippen MR) is 116 cm³/mol. The zero-order valence-corrected chi connectivity index (χ0v) is 17.3. The lowest BCUT2D eigenvalue weighted by atomic mass is 10.0. The van der Waals surface area contributed by atoms with E-state index in [1.165, 1.54) is 5.56 Å². The van der Waals surface area contributed by atoms with E-state index in [0.29, 0.717) is 13.2 Å². The Morgan fingerprint density at radius 2 is 1.62 bits per heavy atom. The molecule has 1 unspecified atom stereocenters. The fourth-order valence-electron chi connectivity index (χ4n) is 3.02. The standard InChI is InChI=1S/C25H28O4/c1-4-20-12-14-22(15-13-20)29-19(2)27-16-17-28-25-11-6-5-10-24(25)21-8-7-9-23(18-21)26-3/h5-15,18-19H,4,16-17H2,1-3H3. The van der Waals surface area contributed by atoms with Crippen LogP contribution in [0.2, 0.25) is 0 Å². The van der Waals surface area contributed by atoms with Crippen LogP contribution in [0.1, 0.15) is 19.4 Å². The van der Waals surface area contributed by atoms with Crippen LogP contribution in [0.4, 0.5) is 0 Å². The molecule has 0 spiro atoms. The van der Waals surface area contributed by atoms with Gasteiger partial charge in [0.1, 0.15) is 23.9 Å². The number of methoxy groups -OCH3 is 1. The highest BCUT2D eigenvalue weighted by Gasteiger charge is 2.08. The Morgan fingerprint density at radius 1 is 0.828 bits per heavy atom. The van der Waals surface area contributed by atoms with Crippen molar-refractivity contribution in [3.8, 4) is 28.4 Å². The smallest absolute Gasteiger partial charge is 0.197 e. The quantitative estimate of drug-likeness (QED) is 0.325. The van der Waals surface area contributed by atoms with Crippen LogP contribution >= 0.6 is 0 Å². The van der Waals surface area contributed by atoms with Gasteiger partial charge in [0.05, 0.1) is 13.7 Å². The van der Waals surface area contributed by atoms with Gasteiger partial charge in [-0.3, -0.25) is 0 Å². The van der Waals surface area contributed by atoms with Gasteiger partial charge in [-0.1, -0.05) is 49.4 Å². The summed E-state index contributed by atoms with van der Waals surface area (Å²) < 4.78 is 22.8. The monoisotopic (exact) mass is 392 g/mol. The SMILES string of the molecule is CCc1ccc(OC(C)OCCOc2ccccc2-c2cccc(OC)c2)cc1. The molecule has 3 rings (SSSR count). The third kappa shape index (κ3) is 6.00. The molecule has 0 aliphatic heterocycles. The Hall–Kier alpha value is -2.98. The van der Waals surface area contributed by atoms with Crippen LogP contribution in [0.3, 0.4) is 0 Å². The molecule has 29 heavy (non-hydrogen) atoms. The highest BCUT2D eigenvalue weighted by Crippen LogP contribution is 2.31. The molecule has 0 aromatic heterocycles. The van der Waals surface area contributed by atoms with Crippen molar-refractivity contribution in [1.82, 2.24) is 0 Å². The second-order valence-electron chi connectivity index (χ2n) is 6.63. The fourth-order valence-corrected chi connectivity index (χ4v) is 3.02. The number of para-hydroxylation sites is 1. The highest BCUT2D eigenvalue weighted by molar-refractivity contribution is 5.71. The van der Waals surface area contributed by atoms with Gasteiger partial charge >= 0.3 is 0 Å². The lowest BCUT2D eigenvalue weighted by Gasteiger charge is -2.17. The Labute approximate surface area is 173 Å². The zero-order chi connectivity index (χ0) is 20.5. The van der Waals surface area contributed by atoms with Crippen LogP contribution in [0.5, 0.6) is 17.2 Å². The molecule has 152 valence electrons. The Balaban J connectivity index is 1.51. The van der Waals surface area contributed by atoms with E-state index in [2.05, 4.69) is 19.1 Å². The van der Waals surface area contributed by atoms with Gasteiger partial charge in [-0.25, -0.2) is 0 Å². The van der Waals surface area contributed by atoms with Crippen molar-refractivity contribution >= 4 is 0 Å². The first-order chi connectivity index (χ1) is 14.2. The summed E-state index contributed by atoms with van der Waals surface area (Å²) in [6.07, 6.45) is 0.667. The molecule has 0 bridgehead atoms. The van der Waals surface area contributed by atoms with Crippen molar-refractivity contribution in [3.05, 3.63) is 78.4 Å². The molecule has 0 saturated heterocycles. The van der Waals surface area contributed by atoms with Crippen molar-refractivity contribution in [2.45, 2.75) is 26.6 Å². The van der Waals surface area contributed by atoms with E-state index < -0.39 is 0 Å². The lowest BCUT2D eigenvalue weighted by molar-refractivity contribution is -0.0738. The minimum Gasteiger partial charge on any atom is -0.497 e. The van der Waals surface area contributed by atoms with E-state index >= 15 is 0 Å². The number of aryl methyl sites for hydroxylation is 1. The van der Waals surface area contributed by atoms with Crippen LogP contribution in [0.25, 0.3) is 11.1 Å². The lowest BCUT2D eigenvalue weighted by Crippen LogP contribution is -2.20. The van der Waals surface area contributed by atoms with Crippen molar-refractivity contribution in [1.29, 1.82) is 0 Å². The van der Waals surface area contributed by atoms with Crippen LogP contribution in [0, 0.1) is 0 Å². The number of benzene rings is 3. The van der Waals surface area contributed by atoms with Crippen LogP contribution in [-0.4, -0.2) is 26.6 Å². The molecule has 3 aromatic carbocycles. The summed E-state index contributed by atoms with van der Waals surface area (Å²) in [5.74, 6) is 2.44. The van der Waals surface area contributed by atoms with Crippen molar-refractivity contribution in [2.24, 2.45) is 0 Å². The second kappa shape index (κ2) is 10.5. The summed E-state index contributed by atoms with van der Waals surface area (Å²) in [7, 11) is 1.67. The van der Waals surface area contributed by atoms with Crippen molar-refractivity contribution in [3.63, 3.8) is 0 Å². The molecule has 0 saturated carbocycles. The number of ether oxygens (including phenoxy) is 4. The summed E-state index contributed by atoms with van der Waals surface area (Å²) >= 11 is 0. The van der Waals surface area contributed by atoms with E-state index in [1.54, 1.807) is 7.11 Å². The Kier molecular flexibility index (Phi) is 7.54. The first-order valence-electron chi connectivity index (χ1n) is 9.93. The molecule has 4 heteroatoms. The fraction of sp³-hybridized carbons (Fsp3) is 0.280. The summed E-state index contributed by atoms with van der Waals surface area (Å²) in [4.78, 5) is 0. The van der Waals surface area contributed by atoms with Gasteiger partial charge in [-0.05, 0) is 54.8 Å². The van der Waals surface area contributed by atoms with Gasteiger partial charge in [-0.15, -0.1) is 0 Å². The summed E-state index contributed by atoms with van der Waals surface area (Å²) in [5, 5.41) is 0. The van der Waals surface area contributed by atoms with Gasteiger partial charge in [0.15, 0.2) is 6.29 Å². The van der Waals surface area contributed by atoms with E-state index in [0.717, 1.165) is 34.8 Å². The largest absolute Gasteiger partial charge is 0.497 e. The zero-order valence-electron chi connectivity index (χ0n) is 17.3. The van der Waals surface area contributed by atoms with Crippen molar-refractivity contribution < 1.29 is 18.9 Å². The van der Waals surface area contributed by atoms with Gasteiger partial charge < -0.3 is 18.9 Å². The van der Waals surface area contributed by atoms with E-state index in [4.69, 9.17) is 18.9 Å². The Bertz CT molecular complexity index is 889. The average Bonchev–Trinajstić information content (AvgIpc) is 2.77. The van der Waals surface area contributed by atoms with Gasteiger partial charge in [0.2, 0.25) is 0 Å². The number of hydrogen-bond acceptors (Lipinski definition) is 4. The molecule has 0 aliphatic carbocycles. The van der Waals surface area contributed by atoms with E-state index in [-0.39, 0.29) is 6.29 Å². The molecular formula is C25H28O4. The third-order valence-corrected chi connectivity index (χ3v) is 4.59. The molecule has 1 atom stereocenters. The van der Waals surface area contributed by atoms with Crippen LogP contribution in [-0.2, 0) is 11.2 Å². The topological polar surface area (TPSA) is 36.9 Å². The third-order valence-electron chi connectivity index (χ3n) is 4.59. The first-order valence-corrected chi connectivity index (χ1v) is 9.93.